The smallest absolute Gasteiger partial charge is 0.407 e. The predicted molar refractivity (Wildman–Crippen MR) is 186 cm³/mol. The van der Waals surface area contributed by atoms with Crippen LogP contribution in [0.15, 0.2) is 36.9 Å². The van der Waals surface area contributed by atoms with Crippen LogP contribution in [0.4, 0.5) is 4.79 Å². The lowest BCUT2D eigenvalue weighted by Crippen LogP contribution is -2.58. The van der Waals surface area contributed by atoms with Crippen LogP contribution in [0.1, 0.15) is 81.4 Å². The van der Waals surface area contributed by atoms with Crippen LogP contribution in [-0.4, -0.2) is 91.3 Å². The highest BCUT2D eigenvalue weighted by Crippen LogP contribution is 2.45. The highest BCUT2D eigenvalue weighted by atomic mass is 32.2. The summed E-state index contributed by atoms with van der Waals surface area (Å²) in [6, 6.07) is 3.07. The van der Waals surface area contributed by atoms with Crippen molar-refractivity contribution in [3.63, 3.8) is 0 Å². The molecular weight excluding hydrogens is 678 g/mol. The van der Waals surface area contributed by atoms with Crippen molar-refractivity contribution in [1.29, 1.82) is 0 Å². The molecule has 6 atom stereocenters. The monoisotopic (exact) mass is 725 g/mol. The average Bonchev–Trinajstić information content (AvgIpc) is 4.04. The molecule has 1 aromatic carbocycles. The number of fused-ring (bicyclic) bond motifs is 10. The zero-order valence-electron chi connectivity index (χ0n) is 28.9. The van der Waals surface area contributed by atoms with Crippen molar-refractivity contribution in [2.45, 2.75) is 113 Å². The van der Waals surface area contributed by atoms with E-state index in [4.69, 9.17) is 9.47 Å². The summed E-state index contributed by atoms with van der Waals surface area (Å²) in [6.07, 6.45) is 8.09. The number of hydrogen-bond acceptors (Lipinski definition) is 10. The molecule has 276 valence electrons. The number of esters is 1. The molecule has 0 aromatic heterocycles. The minimum absolute atomic E-state index is 0.0661. The second-order valence-electron chi connectivity index (χ2n) is 14.1. The van der Waals surface area contributed by atoms with Crippen molar-refractivity contribution in [1.82, 2.24) is 25.6 Å². The molecule has 4 N–H and O–H groups in total. The van der Waals surface area contributed by atoms with E-state index < -0.39 is 80.7 Å². The third-order valence-corrected chi connectivity index (χ3v) is 12.2. The van der Waals surface area contributed by atoms with E-state index in [2.05, 4.69) is 27.3 Å². The first-order valence-corrected chi connectivity index (χ1v) is 19.5. The molecule has 2 saturated carbocycles. The van der Waals surface area contributed by atoms with E-state index in [1.54, 1.807) is 0 Å². The number of allylic oxidation sites excluding steroid dienone is 1. The van der Waals surface area contributed by atoms with Crippen LogP contribution in [0.25, 0.3) is 6.08 Å². The minimum atomic E-state index is -3.90. The Morgan fingerprint density at radius 3 is 2.73 bits per heavy atom. The molecule has 15 heteroatoms. The Labute approximate surface area is 298 Å². The number of amides is 4. The van der Waals surface area contributed by atoms with Gasteiger partial charge in [-0.1, -0.05) is 56.2 Å². The number of alkyl carbamates (subject to hydrolysis) is 1. The number of carbonyl (C=O) groups excluding carboxylic acids is 5. The summed E-state index contributed by atoms with van der Waals surface area (Å²) in [5.41, 5.74) is 1.56. The van der Waals surface area contributed by atoms with Gasteiger partial charge in [0.05, 0.1) is 18.4 Å². The van der Waals surface area contributed by atoms with Crippen LogP contribution in [-0.2, 0) is 51.6 Å². The van der Waals surface area contributed by atoms with E-state index in [1.165, 1.54) is 11.0 Å². The molecule has 7 rings (SSSR count). The Kier molecular flexibility index (Phi) is 10.9. The first-order chi connectivity index (χ1) is 24.5. The van der Waals surface area contributed by atoms with Gasteiger partial charge in [0.15, 0.2) is 0 Å². The molecule has 1 aromatic rings. The van der Waals surface area contributed by atoms with Crippen LogP contribution in [0.5, 0.6) is 0 Å². The van der Waals surface area contributed by atoms with Gasteiger partial charge < -0.3 is 25.0 Å². The Hall–Kier alpha value is -4.24. The van der Waals surface area contributed by atoms with Crippen molar-refractivity contribution in [2.24, 2.45) is 5.92 Å². The Bertz CT molecular complexity index is 1710. The number of carbonyl (C=O) groups is 5. The number of hydrogen-bond donors (Lipinski definition) is 4. The van der Waals surface area contributed by atoms with Crippen LogP contribution >= 0.6 is 0 Å². The van der Waals surface area contributed by atoms with Crippen LogP contribution in [0.3, 0.4) is 0 Å². The molecule has 3 fully saturated rings. The second-order valence-corrected chi connectivity index (χ2v) is 16.1. The third kappa shape index (κ3) is 8.14. The van der Waals surface area contributed by atoms with Crippen LogP contribution in [0.2, 0.25) is 0 Å². The normalized spacial score (nSPS) is 30.3. The highest BCUT2D eigenvalue weighted by Gasteiger charge is 2.62. The molecule has 1 saturated heterocycles. The first-order valence-electron chi connectivity index (χ1n) is 17.9. The van der Waals surface area contributed by atoms with Gasteiger partial charge in [0.1, 0.15) is 29.8 Å². The summed E-state index contributed by atoms with van der Waals surface area (Å²) in [5, 5.41) is 8.05. The van der Waals surface area contributed by atoms with Crippen molar-refractivity contribution in [3.8, 4) is 0 Å². The Balaban J connectivity index is 1.26. The topological polar surface area (TPSA) is 189 Å². The van der Waals surface area contributed by atoms with Crippen molar-refractivity contribution in [3.05, 3.63) is 53.6 Å². The maximum Gasteiger partial charge on any atom is 0.407 e. The van der Waals surface area contributed by atoms with E-state index in [9.17, 15) is 32.4 Å². The Morgan fingerprint density at radius 1 is 1.20 bits per heavy atom. The quantitative estimate of drug-likeness (QED) is 0.217. The summed E-state index contributed by atoms with van der Waals surface area (Å²) in [6.45, 7) is 6.15. The van der Waals surface area contributed by atoms with Gasteiger partial charge in [-0.15, -0.1) is 6.58 Å². The van der Waals surface area contributed by atoms with Gasteiger partial charge >= 0.3 is 12.1 Å². The molecule has 14 nitrogen and oxygen atoms in total. The van der Waals surface area contributed by atoms with Gasteiger partial charge in [0, 0.05) is 18.9 Å². The van der Waals surface area contributed by atoms with E-state index in [0.717, 1.165) is 23.1 Å². The van der Waals surface area contributed by atoms with Gasteiger partial charge in [-0.25, -0.2) is 13.2 Å². The van der Waals surface area contributed by atoms with Crippen molar-refractivity contribution in [2.75, 3.05) is 13.2 Å². The minimum Gasteiger partial charge on any atom is -0.459 e. The number of benzene rings is 1. The van der Waals surface area contributed by atoms with E-state index >= 15 is 0 Å². The zero-order chi connectivity index (χ0) is 36.3. The summed E-state index contributed by atoms with van der Waals surface area (Å²) < 4.78 is 38.8. The van der Waals surface area contributed by atoms with Crippen molar-refractivity contribution >= 4 is 45.9 Å². The number of sulfonamides is 1. The van der Waals surface area contributed by atoms with Crippen LogP contribution in [0, 0.1) is 5.92 Å². The lowest BCUT2D eigenvalue weighted by Gasteiger charge is -2.29. The standard InChI is InChI=1S/C36H47N5O9S/c1-3-5-13-28-32(43)41-21-25(18-30(41)31(42)39-36(19-24(36)4-2)34(45)40-51(47,48)26-14-15-26)50-33(44)29-17-23-12-9-11-22(27(23)20-37-29)10-7-6-8-16-49-35(46)38-28/h4,7,9-12,24-26,28-30,37H,2-3,5-6,8,13-21H2,1H3,(H,38,46)(H,39,42)(H,40,45)/b10-7+/t24-,25+,28-,29?,30-,36+/m0/s1. The maximum atomic E-state index is 14.2. The zero-order valence-corrected chi connectivity index (χ0v) is 29.7. The highest BCUT2D eigenvalue weighted by molar-refractivity contribution is 7.91. The molecule has 4 aliphatic heterocycles. The lowest BCUT2D eigenvalue weighted by atomic mass is 9.92. The number of nitrogens with one attached hydrogen (secondary N) is 4. The molecular formula is C36H47N5O9S. The predicted octanol–water partition coefficient (Wildman–Crippen LogP) is 1.97. The van der Waals surface area contributed by atoms with Gasteiger partial charge in [-0.2, -0.15) is 0 Å². The second kappa shape index (κ2) is 15.2. The van der Waals surface area contributed by atoms with Gasteiger partial charge in [0.2, 0.25) is 21.8 Å². The van der Waals surface area contributed by atoms with Gasteiger partial charge in [-0.3, -0.25) is 29.2 Å². The lowest BCUT2D eigenvalue weighted by molar-refractivity contribution is -0.152. The molecule has 51 heavy (non-hydrogen) atoms. The molecule has 0 radical (unpaired) electrons. The number of ether oxygens (including phenoxy) is 2. The molecule has 6 bridgehead atoms. The van der Waals surface area contributed by atoms with E-state index in [1.807, 2.05) is 37.3 Å². The SMILES string of the molecule is C=C[C@H]1C[C@]1(NC(=O)[C@@H]1C[C@@H]2CN1C(=O)[C@H](CCCC)NC(=O)OCCC/C=C/c1cccc3c1CNC(C3)C(=O)O2)C(=O)NS(=O)(=O)C1CC1. The Morgan fingerprint density at radius 2 is 2.00 bits per heavy atom. The largest absolute Gasteiger partial charge is 0.459 e. The molecule has 2 aliphatic carbocycles. The number of rotatable bonds is 9. The third-order valence-electron chi connectivity index (χ3n) is 10.4. The first kappa shape index (κ1) is 36.5. The average molecular weight is 726 g/mol. The molecule has 0 spiro atoms. The molecule has 1 unspecified atom stereocenters. The number of unbranched alkanes of at least 4 members (excludes halogenated alkanes) is 1. The van der Waals surface area contributed by atoms with Crippen LogP contribution < -0.4 is 20.7 Å². The molecule has 4 heterocycles. The fraction of sp³-hybridized carbons (Fsp3) is 0.583. The fourth-order valence-corrected chi connectivity index (χ4v) is 8.53. The van der Waals surface area contributed by atoms with E-state index in [-0.39, 0.29) is 32.4 Å². The van der Waals surface area contributed by atoms with Gasteiger partial charge in [0.25, 0.3) is 5.91 Å². The molecule has 6 aliphatic rings. The molecule has 4 amide bonds. The maximum absolute atomic E-state index is 14.2. The van der Waals surface area contributed by atoms with Crippen molar-refractivity contribution < 1.29 is 41.9 Å². The van der Waals surface area contributed by atoms with E-state index in [0.29, 0.717) is 45.1 Å². The number of nitrogens with zero attached hydrogens (tertiary/aromatic N) is 1. The summed E-state index contributed by atoms with van der Waals surface area (Å²) in [4.78, 5) is 69.4. The summed E-state index contributed by atoms with van der Waals surface area (Å²) in [5.74, 6) is -3.17. The fourth-order valence-electron chi connectivity index (χ4n) is 7.17. The summed E-state index contributed by atoms with van der Waals surface area (Å²) >= 11 is 0. The summed E-state index contributed by atoms with van der Waals surface area (Å²) in [7, 11) is -3.90. The van der Waals surface area contributed by atoms with Gasteiger partial charge in [-0.05, 0) is 61.6 Å².